The summed E-state index contributed by atoms with van der Waals surface area (Å²) in [6, 6.07) is 0.0756. The van der Waals surface area contributed by atoms with E-state index < -0.39 is 0 Å². The minimum Gasteiger partial charge on any atom is -0.383 e. The number of rotatable bonds is 7. The van der Waals surface area contributed by atoms with E-state index in [1.54, 1.807) is 7.11 Å². The van der Waals surface area contributed by atoms with E-state index in [4.69, 9.17) is 10.5 Å². The van der Waals surface area contributed by atoms with Gasteiger partial charge in [0.1, 0.15) is 0 Å². The normalized spacial score (nSPS) is 14.9. The molecule has 3 N–H and O–H groups in total. The summed E-state index contributed by atoms with van der Waals surface area (Å²) in [5, 5.41) is 2.89. The maximum Gasteiger partial charge on any atom is 0.221 e. The second kappa shape index (κ2) is 7.76. The van der Waals surface area contributed by atoms with Crippen LogP contribution >= 0.6 is 0 Å². The van der Waals surface area contributed by atoms with E-state index in [9.17, 15) is 4.79 Å². The molecule has 0 aromatic rings. The topological polar surface area (TPSA) is 64.4 Å². The molecule has 84 valence electrons. The molecule has 4 nitrogen and oxygen atoms in total. The average molecular weight is 202 g/mol. The quantitative estimate of drug-likeness (QED) is 0.637. The third-order valence-electron chi connectivity index (χ3n) is 2.20. The van der Waals surface area contributed by atoms with Gasteiger partial charge in [0.25, 0.3) is 0 Å². The molecule has 0 heterocycles. The van der Waals surface area contributed by atoms with E-state index in [1.807, 2.05) is 13.8 Å². The van der Waals surface area contributed by atoms with E-state index in [0.717, 1.165) is 12.8 Å². The summed E-state index contributed by atoms with van der Waals surface area (Å²) in [4.78, 5) is 11.4. The zero-order valence-electron chi connectivity index (χ0n) is 9.38. The zero-order chi connectivity index (χ0) is 11.0. The summed E-state index contributed by atoms with van der Waals surface area (Å²) in [7, 11) is 1.63. The van der Waals surface area contributed by atoms with Gasteiger partial charge in [0.15, 0.2) is 0 Å². The first kappa shape index (κ1) is 13.4. The Bertz CT molecular complexity index is 162. The molecule has 0 aromatic heterocycles. The molecule has 14 heavy (non-hydrogen) atoms. The molecule has 0 saturated carbocycles. The van der Waals surface area contributed by atoms with Crippen molar-refractivity contribution in [2.75, 3.05) is 13.7 Å². The number of nitrogens with one attached hydrogen (secondary N) is 1. The van der Waals surface area contributed by atoms with Crippen LogP contribution in [0.25, 0.3) is 0 Å². The summed E-state index contributed by atoms with van der Waals surface area (Å²) in [5.41, 5.74) is 5.67. The summed E-state index contributed by atoms with van der Waals surface area (Å²) in [5.74, 6) is 0.0169. The molecule has 0 saturated heterocycles. The third-order valence-corrected chi connectivity index (χ3v) is 2.20. The Kier molecular flexibility index (Phi) is 7.42. The molecule has 0 fully saturated rings. The van der Waals surface area contributed by atoms with Crippen LogP contribution in [0.3, 0.4) is 0 Å². The first-order chi connectivity index (χ1) is 6.63. The molecule has 0 radical (unpaired) electrons. The lowest BCUT2D eigenvalue weighted by Gasteiger charge is -2.17. The van der Waals surface area contributed by atoms with Crippen LogP contribution < -0.4 is 11.1 Å². The van der Waals surface area contributed by atoms with Gasteiger partial charge in [-0.2, -0.15) is 0 Å². The van der Waals surface area contributed by atoms with Crippen molar-refractivity contribution in [3.8, 4) is 0 Å². The molecule has 0 aliphatic heterocycles. The highest BCUT2D eigenvalue weighted by molar-refractivity contribution is 5.76. The summed E-state index contributed by atoms with van der Waals surface area (Å²) in [6.45, 7) is 4.55. The van der Waals surface area contributed by atoms with Crippen LogP contribution in [0.2, 0.25) is 0 Å². The number of carbonyl (C=O) groups excluding carboxylic acids is 1. The van der Waals surface area contributed by atoms with Crippen LogP contribution in [0.1, 0.15) is 33.1 Å². The van der Waals surface area contributed by atoms with Crippen LogP contribution in [0.4, 0.5) is 0 Å². The minimum atomic E-state index is -0.0324. The average Bonchev–Trinajstić information content (AvgIpc) is 2.16. The molecule has 2 unspecified atom stereocenters. The molecule has 0 rings (SSSR count). The molecule has 2 atom stereocenters. The van der Waals surface area contributed by atoms with Gasteiger partial charge < -0.3 is 15.8 Å². The first-order valence-electron chi connectivity index (χ1n) is 5.17. The Labute approximate surface area is 86.2 Å². The molecule has 0 aliphatic rings. The van der Waals surface area contributed by atoms with E-state index in [-0.39, 0.29) is 18.0 Å². The standard InChI is InChI=1S/C10H22N2O2/c1-4-8(11)6-10(13)12-9(5-2)7-14-3/h8-9H,4-7,11H2,1-3H3,(H,12,13). The van der Waals surface area contributed by atoms with E-state index in [0.29, 0.717) is 13.0 Å². The van der Waals surface area contributed by atoms with Gasteiger partial charge in [-0.3, -0.25) is 4.79 Å². The van der Waals surface area contributed by atoms with Crippen molar-refractivity contribution in [2.45, 2.75) is 45.2 Å². The van der Waals surface area contributed by atoms with Crippen molar-refractivity contribution in [3.05, 3.63) is 0 Å². The van der Waals surface area contributed by atoms with Gasteiger partial charge in [0.05, 0.1) is 12.6 Å². The predicted octanol–water partition coefficient (Wildman–Crippen LogP) is 0.655. The highest BCUT2D eigenvalue weighted by atomic mass is 16.5. The Morgan fingerprint density at radius 2 is 2.07 bits per heavy atom. The van der Waals surface area contributed by atoms with Crippen molar-refractivity contribution in [3.63, 3.8) is 0 Å². The number of methoxy groups -OCH3 is 1. The molecular weight excluding hydrogens is 180 g/mol. The highest BCUT2D eigenvalue weighted by Gasteiger charge is 2.12. The highest BCUT2D eigenvalue weighted by Crippen LogP contribution is 1.96. The van der Waals surface area contributed by atoms with Crippen molar-refractivity contribution < 1.29 is 9.53 Å². The van der Waals surface area contributed by atoms with Crippen LogP contribution in [-0.4, -0.2) is 31.7 Å². The van der Waals surface area contributed by atoms with E-state index in [1.165, 1.54) is 0 Å². The van der Waals surface area contributed by atoms with Gasteiger partial charge in [0, 0.05) is 19.6 Å². The van der Waals surface area contributed by atoms with E-state index in [2.05, 4.69) is 5.32 Å². The predicted molar refractivity (Wildman–Crippen MR) is 57.0 cm³/mol. The smallest absolute Gasteiger partial charge is 0.221 e. The second-order valence-corrected chi connectivity index (χ2v) is 3.50. The molecule has 4 heteroatoms. The number of nitrogens with two attached hydrogens (primary N) is 1. The lowest BCUT2D eigenvalue weighted by molar-refractivity contribution is -0.122. The van der Waals surface area contributed by atoms with E-state index >= 15 is 0 Å². The SMILES string of the molecule is CCC(N)CC(=O)NC(CC)COC. The van der Waals surface area contributed by atoms with Gasteiger partial charge in [-0.05, 0) is 12.8 Å². The Morgan fingerprint density at radius 3 is 2.50 bits per heavy atom. The summed E-state index contributed by atoms with van der Waals surface area (Å²) < 4.78 is 4.98. The van der Waals surface area contributed by atoms with Gasteiger partial charge in [0.2, 0.25) is 5.91 Å². The fourth-order valence-electron chi connectivity index (χ4n) is 1.13. The van der Waals surface area contributed by atoms with Crippen molar-refractivity contribution in [1.29, 1.82) is 0 Å². The van der Waals surface area contributed by atoms with Crippen LogP contribution in [0, 0.1) is 0 Å². The molecular formula is C10H22N2O2. The van der Waals surface area contributed by atoms with Crippen LogP contribution in [0.15, 0.2) is 0 Å². The number of hydrogen-bond donors (Lipinski definition) is 2. The fraction of sp³-hybridized carbons (Fsp3) is 0.900. The number of carbonyl (C=O) groups is 1. The second-order valence-electron chi connectivity index (χ2n) is 3.50. The molecule has 0 spiro atoms. The molecule has 0 aromatic carbocycles. The minimum absolute atomic E-state index is 0.0169. The van der Waals surface area contributed by atoms with Gasteiger partial charge >= 0.3 is 0 Å². The zero-order valence-corrected chi connectivity index (χ0v) is 9.38. The van der Waals surface area contributed by atoms with Crippen LogP contribution in [0.5, 0.6) is 0 Å². The molecule has 0 bridgehead atoms. The van der Waals surface area contributed by atoms with Crippen molar-refractivity contribution in [2.24, 2.45) is 5.73 Å². The monoisotopic (exact) mass is 202 g/mol. The van der Waals surface area contributed by atoms with Crippen LogP contribution in [-0.2, 0) is 9.53 Å². The maximum absolute atomic E-state index is 11.4. The maximum atomic E-state index is 11.4. The number of hydrogen-bond acceptors (Lipinski definition) is 3. The summed E-state index contributed by atoms with van der Waals surface area (Å²) in [6.07, 6.45) is 2.10. The van der Waals surface area contributed by atoms with Gasteiger partial charge in [-0.15, -0.1) is 0 Å². The van der Waals surface area contributed by atoms with Crippen molar-refractivity contribution in [1.82, 2.24) is 5.32 Å². The fourth-order valence-corrected chi connectivity index (χ4v) is 1.13. The lowest BCUT2D eigenvalue weighted by atomic mass is 10.1. The Balaban J connectivity index is 3.78. The third kappa shape index (κ3) is 5.94. The molecule has 0 aliphatic carbocycles. The van der Waals surface area contributed by atoms with Gasteiger partial charge in [-0.25, -0.2) is 0 Å². The number of amides is 1. The Morgan fingerprint density at radius 1 is 1.43 bits per heavy atom. The largest absolute Gasteiger partial charge is 0.383 e. The number of ether oxygens (including phenoxy) is 1. The molecule has 1 amide bonds. The lowest BCUT2D eigenvalue weighted by Crippen LogP contribution is -2.40. The van der Waals surface area contributed by atoms with Crippen molar-refractivity contribution >= 4 is 5.91 Å². The van der Waals surface area contributed by atoms with Gasteiger partial charge in [-0.1, -0.05) is 13.8 Å². The first-order valence-corrected chi connectivity index (χ1v) is 5.17. The Hall–Kier alpha value is -0.610. The summed E-state index contributed by atoms with van der Waals surface area (Å²) >= 11 is 0.